The maximum absolute atomic E-state index is 14.8. The minimum absolute atomic E-state index is 0.0730. The molecule has 200 valence electrons. The van der Waals surface area contributed by atoms with Gasteiger partial charge in [0.25, 0.3) is 6.43 Å². The van der Waals surface area contributed by atoms with Crippen LogP contribution in [0.3, 0.4) is 0 Å². The molecule has 0 radical (unpaired) electrons. The SMILES string of the molecule is CN1CCC[C@H]1COc1nc2c(c(N3CC4CCC(C3)N4)n1)CCN(c1c(F)ccc(F)c1C(F)F)C2. The maximum atomic E-state index is 14.8. The molecule has 37 heavy (non-hydrogen) atoms. The van der Waals surface area contributed by atoms with Gasteiger partial charge in [0, 0.05) is 43.3 Å². The fourth-order valence-electron chi connectivity index (χ4n) is 6.32. The van der Waals surface area contributed by atoms with Crippen LogP contribution in [-0.2, 0) is 13.0 Å². The third kappa shape index (κ3) is 4.71. The number of benzene rings is 1. The van der Waals surface area contributed by atoms with E-state index in [4.69, 9.17) is 9.72 Å². The Balaban J connectivity index is 1.34. The molecule has 11 heteroatoms. The molecule has 2 aromatic rings. The van der Waals surface area contributed by atoms with E-state index in [1.807, 2.05) is 0 Å². The number of halogens is 4. The van der Waals surface area contributed by atoms with Crippen LogP contribution < -0.4 is 19.9 Å². The summed E-state index contributed by atoms with van der Waals surface area (Å²) in [6, 6.07) is 2.98. The predicted molar refractivity (Wildman–Crippen MR) is 131 cm³/mol. The molecule has 0 amide bonds. The third-order valence-corrected chi connectivity index (χ3v) is 8.26. The Labute approximate surface area is 213 Å². The first-order valence-electron chi connectivity index (χ1n) is 13.1. The fraction of sp³-hybridized carbons (Fsp3) is 0.615. The number of anilines is 2. The number of likely N-dealkylation sites (N-methyl/N-ethyl adjacent to an activating group) is 1. The van der Waals surface area contributed by atoms with E-state index in [-0.39, 0.29) is 25.1 Å². The molecule has 6 rings (SSSR count). The first-order valence-corrected chi connectivity index (χ1v) is 13.1. The Morgan fingerprint density at radius 3 is 2.49 bits per heavy atom. The summed E-state index contributed by atoms with van der Waals surface area (Å²) in [7, 11) is 2.07. The van der Waals surface area contributed by atoms with Gasteiger partial charge in [0.1, 0.15) is 24.1 Å². The Morgan fingerprint density at radius 2 is 1.78 bits per heavy atom. The van der Waals surface area contributed by atoms with Crippen molar-refractivity contribution in [3.63, 3.8) is 0 Å². The van der Waals surface area contributed by atoms with Crippen molar-refractivity contribution in [1.29, 1.82) is 0 Å². The number of ether oxygens (including phenoxy) is 1. The number of hydrogen-bond donors (Lipinski definition) is 1. The summed E-state index contributed by atoms with van der Waals surface area (Å²) in [4.78, 5) is 15.5. The quantitative estimate of drug-likeness (QED) is 0.584. The number of nitrogens with zero attached hydrogens (tertiary/aromatic N) is 5. The van der Waals surface area contributed by atoms with Crippen molar-refractivity contribution in [3.05, 3.63) is 40.6 Å². The van der Waals surface area contributed by atoms with Crippen LogP contribution in [0.1, 0.15) is 48.9 Å². The number of hydrogen-bond acceptors (Lipinski definition) is 7. The lowest BCUT2D eigenvalue weighted by molar-refractivity contribution is 0.146. The van der Waals surface area contributed by atoms with E-state index in [1.54, 1.807) is 0 Å². The highest BCUT2D eigenvalue weighted by molar-refractivity contribution is 5.60. The van der Waals surface area contributed by atoms with Gasteiger partial charge in [-0.2, -0.15) is 9.97 Å². The highest BCUT2D eigenvalue weighted by Gasteiger charge is 2.36. The summed E-state index contributed by atoms with van der Waals surface area (Å²) in [6.45, 7) is 3.46. The molecule has 4 aliphatic heterocycles. The molecule has 4 aliphatic rings. The Hall–Kier alpha value is -2.66. The molecule has 1 N–H and O–H groups in total. The first kappa shape index (κ1) is 24.7. The van der Waals surface area contributed by atoms with E-state index in [2.05, 4.69) is 27.1 Å². The topological polar surface area (TPSA) is 56.8 Å². The summed E-state index contributed by atoms with van der Waals surface area (Å²) in [5.41, 5.74) is 0.243. The van der Waals surface area contributed by atoms with Crippen molar-refractivity contribution in [1.82, 2.24) is 20.2 Å². The number of likely N-dealkylation sites (tertiary alicyclic amines) is 1. The van der Waals surface area contributed by atoms with Crippen LogP contribution in [0.25, 0.3) is 0 Å². The van der Waals surface area contributed by atoms with Crippen molar-refractivity contribution in [2.45, 2.75) is 63.2 Å². The van der Waals surface area contributed by atoms with Crippen molar-refractivity contribution in [2.24, 2.45) is 0 Å². The highest BCUT2D eigenvalue weighted by atomic mass is 19.3. The summed E-state index contributed by atoms with van der Waals surface area (Å²) in [5, 5.41) is 3.63. The smallest absolute Gasteiger partial charge is 0.318 e. The molecule has 1 aromatic heterocycles. The van der Waals surface area contributed by atoms with Crippen LogP contribution in [0.4, 0.5) is 29.1 Å². The normalized spacial score (nSPS) is 25.7. The Bertz CT molecular complexity index is 1150. The minimum Gasteiger partial charge on any atom is -0.462 e. The molecule has 3 fully saturated rings. The van der Waals surface area contributed by atoms with Gasteiger partial charge in [-0.05, 0) is 57.8 Å². The number of rotatable bonds is 6. The summed E-state index contributed by atoms with van der Waals surface area (Å²) in [5.74, 6) is -1.16. The monoisotopic (exact) mass is 520 g/mol. The Kier molecular flexibility index (Phi) is 6.60. The zero-order chi connectivity index (χ0) is 25.7. The third-order valence-electron chi connectivity index (χ3n) is 8.26. The van der Waals surface area contributed by atoms with E-state index in [9.17, 15) is 17.6 Å². The van der Waals surface area contributed by atoms with Crippen molar-refractivity contribution in [2.75, 3.05) is 49.6 Å². The number of piperazine rings is 1. The lowest BCUT2D eigenvalue weighted by atomic mass is 10.0. The van der Waals surface area contributed by atoms with E-state index >= 15 is 0 Å². The summed E-state index contributed by atoms with van der Waals surface area (Å²) in [6.07, 6.45) is 1.70. The van der Waals surface area contributed by atoms with Crippen LogP contribution >= 0.6 is 0 Å². The van der Waals surface area contributed by atoms with E-state index in [0.717, 1.165) is 68.8 Å². The molecule has 5 heterocycles. The molecule has 3 atom stereocenters. The minimum atomic E-state index is -3.13. The van der Waals surface area contributed by atoms with Gasteiger partial charge in [0.15, 0.2) is 0 Å². The van der Waals surface area contributed by atoms with Gasteiger partial charge < -0.3 is 24.8 Å². The predicted octanol–water partition coefficient (Wildman–Crippen LogP) is 3.67. The molecule has 1 aromatic carbocycles. The van der Waals surface area contributed by atoms with E-state index in [0.29, 0.717) is 30.8 Å². The second-order valence-corrected chi connectivity index (χ2v) is 10.6. The fourth-order valence-corrected chi connectivity index (χ4v) is 6.32. The zero-order valence-corrected chi connectivity index (χ0v) is 20.9. The van der Waals surface area contributed by atoms with Crippen LogP contribution in [0.15, 0.2) is 12.1 Å². The van der Waals surface area contributed by atoms with Crippen molar-refractivity contribution < 1.29 is 22.3 Å². The molecule has 7 nitrogen and oxygen atoms in total. The van der Waals surface area contributed by atoms with E-state index < -0.39 is 29.3 Å². The summed E-state index contributed by atoms with van der Waals surface area (Å²) >= 11 is 0. The maximum Gasteiger partial charge on any atom is 0.318 e. The number of nitrogens with one attached hydrogen (secondary N) is 1. The molecule has 3 saturated heterocycles. The van der Waals surface area contributed by atoms with Crippen LogP contribution in [0.2, 0.25) is 0 Å². The molecule has 0 spiro atoms. The van der Waals surface area contributed by atoms with Crippen molar-refractivity contribution in [3.8, 4) is 6.01 Å². The second kappa shape index (κ2) is 9.90. The van der Waals surface area contributed by atoms with E-state index in [1.165, 1.54) is 4.90 Å². The Morgan fingerprint density at radius 1 is 1.03 bits per heavy atom. The number of aromatic nitrogens is 2. The second-order valence-electron chi connectivity index (χ2n) is 10.6. The van der Waals surface area contributed by atoms with Gasteiger partial charge in [-0.25, -0.2) is 17.6 Å². The van der Waals surface area contributed by atoms with Crippen molar-refractivity contribution >= 4 is 11.5 Å². The van der Waals surface area contributed by atoms with Crippen LogP contribution in [-0.4, -0.2) is 72.8 Å². The largest absolute Gasteiger partial charge is 0.462 e. The van der Waals surface area contributed by atoms with Gasteiger partial charge in [-0.15, -0.1) is 0 Å². The van der Waals surface area contributed by atoms with Gasteiger partial charge in [-0.1, -0.05) is 0 Å². The lowest BCUT2D eigenvalue weighted by Crippen LogP contribution is -2.52. The van der Waals surface area contributed by atoms with Gasteiger partial charge in [0.05, 0.1) is 23.5 Å². The molecule has 0 saturated carbocycles. The first-order chi connectivity index (χ1) is 17.9. The molecule has 0 aliphatic carbocycles. The number of alkyl halides is 2. The molecular formula is C26H32F4N6O. The molecule has 2 unspecified atom stereocenters. The average Bonchev–Trinajstić information content (AvgIpc) is 3.45. The zero-order valence-electron chi connectivity index (χ0n) is 20.9. The van der Waals surface area contributed by atoms with Gasteiger partial charge in [-0.3, -0.25) is 0 Å². The van der Waals surface area contributed by atoms with Gasteiger partial charge in [0.2, 0.25) is 0 Å². The average molecular weight is 521 g/mol. The van der Waals surface area contributed by atoms with Crippen LogP contribution in [0.5, 0.6) is 6.01 Å². The molecular weight excluding hydrogens is 488 g/mol. The summed E-state index contributed by atoms with van der Waals surface area (Å²) < 4.78 is 62.7. The standard InChI is InChI=1S/C26H32F4N6O/c1-34-9-2-3-17(34)14-37-26-32-21-13-35(23-20(28)7-6-19(27)22(23)24(29)30)10-8-18(21)25(33-26)36-11-15-4-5-16(12-36)31-15/h6-7,15-17,24,31H,2-5,8-14H2,1H3/t15?,16?,17-/m0/s1. The number of fused-ring (bicyclic) bond motifs is 3. The lowest BCUT2D eigenvalue weighted by Gasteiger charge is -2.37. The highest BCUT2D eigenvalue weighted by Crippen LogP contribution is 2.39. The van der Waals surface area contributed by atoms with Gasteiger partial charge >= 0.3 is 6.01 Å². The van der Waals surface area contributed by atoms with Crippen LogP contribution in [0, 0.1) is 11.6 Å². The molecule has 2 bridgehead atoms.